The molecule has 0 bridgehead atoms. The number of fused-ring (bicyclic) bond motifs is 1. The number of rotatable bonds is 5. The third-order valence-electron chi connectivity index (χ3n) is 5.72. The van der Waals surface area contributed by atoms with Crippen LogP contribution in [0.25, 0.3) is 10.9 Å². The van der Waals surface area contributed by atoms with E-state index in [9.17, 15) is 13.2 Å². The maximum absolute atomic E-state index is 13.5. The van der Waals surface area contributed by atoms with Crippen molar-refractivity contribution >= 4 is 39.7 Å². The van der Waals surface area contributed by atoms with Crippen LogP contribution in [0.4, 0.5) is 42.0 Å². The van der Waals surface area contributed by atoms with Crippen molar-refractivity contribution in [3.8, 4) is 0 Å². The number of hydrogen-bond acceptors (Lipinski definition) is 7. The van der Waals surface area contributed by atoms with Crippen molar-refractivity contribution < 1.29 is 13.2 Å². The van der Waals surface area contributed by atoms with Crippen LogP contribution in [0.5, 0.6) is 0 Å². The fourth-order valence-electron chi connectivity index (χ4n) is 3.82. The Morgan fingerprint density at radius 3 is 2.35 bits per heavy atom. The lowest BCUT2D eigenvalue weighted by Crippen LogP contribution is -2.44. The molecule has 0 spiro atoms. The number of nitrogens with one attached hydrogen (secondary N) is 3. The average Bonchev–Trinajstić information content (AvgIpc) is 3.27. The van der Waals surface area contributed by atoms with Crippen LogP contribution in [-0.4, -0.2) is 58.3 Å². The topological polar surface area (TPSA) is 85.0 Å². The van der Waals surface area contributed by atoms with Gasteiger partial charge in [-0.1, -0.05) is 0 Å². The van der Waals surface area contributed by atoms with Gasteiger partial charge in [0.2, 0.25) is 5.95 Å². The zero-order chi connectivity index (χ0) is 23.7. The molecule has 176 valence electrons. The number of halogens is 3. The second-order valence-electron chi connectivity index (χ2n) is 8.22. The summed E-state index contributed by atoms with van der Waals surface area (Å²) < 4.78 is 40.5. The summed E-state index contributed by atoms with van der Waals surface area (Å²) >= 11 is 0. The third-order valence-corrected chi connectivity index (χ3v) is 5.72. The first-order valence-corrected chi connectivity index (χ1v) is 10.8. The zero-order valence-electron chi connectivity index (χ0n) is 18.4. The van der Waals surface area contributed by atoms with Crippen LogP contribution < -0.4 is 15.5 Å². The number of piperazine rings is 1. The van der Waals surface area contributed by atoms with E-state index in [0.717, 1.165) is 48.8 Å². The van der Waals surface area contributed by atoms with Crippen LogP contribution in [0.15, 0.2) is 54.7 Å². The molecule has 1 aliphatic rings. The summed E-state index contributed by atoms with van der Waals surface area (Å²) in [6, 6.07) is 13.7. The van der Waals surface area contributed by atoms with Gasteiger partial charge in [-0.05, 0) is 49.5 Å². The maximum atomic E-state index is 13.5. The largest absolute Gasteiger partial charge is 0.433 e. The van der Waals surface area contributed by atoms with E-state index in [2.05, 4.69) is 47.6 Å². The molecule has 0 amide bonds. The van der Waals surface area contributed by atoms with E-state index < -0.39 is 11.9 Å². The van der Waals surface area contributed by atoms with E-state index in [0.29, 0.717) is 11.4 Å². The summed E-state index contributed by atoms with van der Waals surface area (Å²) in [4.78, 5) is 12.5. The highest BCUT2D eigenvalue weighted by atomic mass is 19.4. The summed E-state index contributed by atoms with van der Waals surface area (Å²) in [6.07, 6.45) is -2.95. The molecule has 1 fully saturated rings. The van der Waals surface area contributed by atoms with Gasteiger partial charge in [-0.25, -0.2) is 4.98 Å². The number of hydrogen-bond donors (Lipinski definition) is 3. The monoisotopic (exact) mass is 468 g/mol. The van der Waals surface area contributed by atoms with Gasteiger partial charge in [-0.3, -0.25) is 5.10 Å². The van der Waals surface area contributed by atoms with Crippen molar-refractivity contribution in [2.75, 3.05) is 48.8 Å². The Morgan fingerprint density at radius 2 is 1.62 bits per heavy atom. The van der Waals surface area contributed by atoms with Crippen LogP contribution >= 0.6 is 0 Å². The number of aromatic amines is 1. The molecule has 0 aliphatic carbocycles. The van der Waals surface area contributed by atoms with Gasteiger partial charge < -0.3 is 20.4 Å². The lowest BCUT2D eigenvalue weighted by atomic mass is 10.2. The smallest absolute Gasteiger partial charge is 0.369 e. The molecule has 1 saturated heterocycles. The average molecular weight is 468 g/mol. The van der Waals surface area contributed by atoms with Crippen LogP contribution in [0, 0.1) is 0 Å². The summed E-state index contributed by atoms with van der Waals surface area (Å²) in [5, 5.41) is 13.5. The molecule has 3 heterocycles. The van der Waals surface area contributed by atoms with Crippen LogP contribution in [0.1, 0.15) is 5.69 Å². The predicted octanol–water partition coefficient (Wildman–Crippen LogP) is 4.61. The van der Waals surface area contributed by atoms with Gasteiger partial charge in [-0.2, -0.15) is 23.3 Å². The normalized spacial score (nSPS) is 15.0. The van der Waals surface area contributed by atoms with Gasteiger partial charge in [0.1, 0.15) is 5.82 Å². The second kappa shape index (κ2) is 8.82. The number of nitrogens with zero attached hydrogens (tertiary/aromatic N) is 5. The Kier molecular flexibility index (Phi) is 5.70. The first-order chi connectivity index (χ1) is 16.3. The third kappa shape index (κ3) is 4.88. The maximum Gasteiger partial charge on any atom is 0.433 e. The van der Waals surface area contributed by atoms with E-state index in [1.165, 1.54) is 0 Å². The van der Waals surface area contributed by atoms with Crippen LogP contribution in [-0.2, 0) is 6.18 Å². The lowest BCUT2D eigenvalue weighted by Gasteiger charge is -2.34. The Labute approximate surface area is 193 Å². The molecule has 1 aliphatic heterocycles. The van der Waals surface area contributed by atoms with E-state index >= 15 is 0 Å². The minimum atomic E-state index is -4.62. The molecular weight excluding hydrogens is 445 g/mol. The summed E-state index contributed by atoms with van der Waals surface area (Å²) in [6.45, 7) is 3.83. The standard InChI is InChI=1S/C23H23F3N8/c1-33-8-10-34(11-9-33)18-6-4-16(5-7-18)29-22-30-20(23(24,25)26)13-21(31-22)28-17-3-2-15-14-27-32-19(15)12-17/h2-7,12-14H,8-11H2,1H3,(H,27,32)(H2,28,29,30,31). The minimum absolute atomic E-state index is 0.0257. The molecule has 11 heteroatoms. The molecule has 4 aromatic rings. The van der Waals surface area contributed by atoms with Gasteiger partial charge >= 0.3 is 6.18 Å². The molecule has 2 aromatic heterocycles. The van der Waals surface area contributed by atoms with Gasteiger partial charge in [0.15, 0.2) is 5.69 Å². The molecule has 0 radical (unpaired) electrons. The first-order valence-electron chi connectivity index (χ1n) is 10.8. The van der Waals surface area contributed by atoms with Crippen molar-refractivity contribution in [1.29, 1.82) is 0 Å². The second-order valence-corrected chi connectivity index (χ2v) is 8.22. The van der Waals surface area contributed by atoms with Gasteiger partial charge in [0.25, 0.3) is 0 Å². The van der Waals surface area contributed by atoms with Crippen molar-refractivity contribution in [3.63, 3.8) is 0 Å². The number of alkyl halides is 3. The Hall–Kier alpha value is -3.86. The fraction of sp³-hybridized carbons (Fsp3) is 0.261. The molecule has 2 aromatic carbocycles. The Morgan fingerprint density at radius 1 is 0.882 bits per heavy atom. The van der Waals surface area contributed by atoms with Crippen molar-refractivity contribution in [2.45, 2.75) is 6.18 Å². The van der Waals surface area contributed by atoms with Crippen LogP contribution in [0.3, 0.4) is 0 Å². The summed E-state index contributed by atoms with van der Waals surface area (Å²) in [5.41, 5.74) is 1.96. The molecular formula is C23H23F3N8. The summed E-state index contributed by atoms with van der Waals surface area (Å²) in [5.74, 6) is -0.120. The van der Waals surface area contributed by atoms with Crippen LogP contribution in [0.2, 0.25) is 0 Å². The SMILES string of the molecule is CN1CCN(c2ccc(Nc3nc(Nc4ccc5cn[nH]c5c4)cc(C(F)(F)F)n3)cc2)CC1. The number of H-pyrrole nitrogens is 1. The molecule has 5 rings (SSSR count). The fourth-order valence-corrected chi connectivity index (χ4v) is 3.82. The molecule has 0 saturated carbocycles. The highest BCUT2D eigenvalue weighted by Crippen LogP contribution is 2.31. The molecule has 8 nitrogen and oxygen atoms in total. The van der Waals surface area contributed by atoms with Gasteiger partial charge in [0, 0.05) is 54.7 Å². The van der Waals surface area contributed by atoms with Gasteiger partial charge in [0.05, 0.1) is 11.7 Å². The van der Waals surface area contributed by atoms with E-state index in [1.807, 2.05) is 30.3 Å². The zero-order valence-corrected chi connectivity index (χ0v) is 18.4. The summed E-state index contributed by atoms with van der Waals surface area (Å²) in [7, 11) is 2.10. The quantitative estimate of drug-likeness (QED) is 0.394. The van der Waals surface area contributed by atoms with Crippen molar-refractivity contribution in [1.82, 2.24) is 25.1 Å². The van der Waals surface area contributed by atoms with E-state index in [1.54, 1.807) is 18.3 Å². The molecule has 3 N–H and O–H groups in total. The molecule has 0 atom stereocenters. The number of anilines is 5. The first kappa shape index (κ1) is 22.0. The minimum Gasteiger partial charge on any atom is -0.369 e. The van der Waals surface area contributed by atoms with Gasteiger partial charge in [-0.15, -0.1) is 0 Å². The lowest BCUT2D eigenvalue weighted by molar-refractivity contribution is -0.141. The Bertz CT molecular complexity index is 1280. The van der Waals surface area contributed by atoms with Crippen molar-refractivity contribution in [3.05, 3.63) is 60.4 Å². The highest BCUT2D eigenvalue weighted by molar-refractivity contribution is 5.82. The number of aromatic nitrogens is 4. The molecule has 34 heavy (non-hydrogen) atoms. The highest BCUT2D eigenvalue weighted by Gasteiger charge is 2.34. The van der Waals surface area contributed by atoms with E-state index in [4.69, 9.17) is 0 Å². The Balaban J connectivity index is 1.37. The van der Waals surface area contributed by atoms with Crippen molar-refractivity contribution in [2.24, 2.45) is 0 Å². The number of benzene rings is 2. The molecule has 0 unspecified atom stereocenters. The predicted molar refractivity (Wildman–Crippen MR) is 126 cm³/mol. The number of likely N-dealkylation sites (N-methyl/N-ethyl adjacent to an activating group) is 1. The van der Waals surface area contributed by atoms with E-state index in [-0.39, 0.29) is 11.8 Å².